The number of nitrogens with one attached hydrogen (secondary N) is 2. The van der Waals surface area contributed by atoms with E-state index in [1.165, 1.54) is 42.5 Å². The van der Waals surface area contributed by atoms with Gasteiger partial charge < -0.3 is 15.7 Å². The van der Waals surface area contributed by atoms with Crippen molar-refractivity contribution in [1.29, 1.82) is 5.26 Å². The second kappa shape index (κ2) is 11.6. The number of nitrogens with zero attached hydrogens (tertiary/aromatic N) is 1. The minimum absolute atomic E-state index is 0.0176. The van der Waals surface area contributed by atoms with Crippen LogP contribution in [0.15, 0.2) is 48.5 Å². The molecule has 10 heteroatoms. The molecular weight excluding hydrogens is 583 g/mol. The molecule has 0 aliphatic carbocycles. The van der Waals surface area contributed by atoms with E-state index in [4.69, 9.17) is 23.2 Å². The van der Waals surface area contributed by atoms with Gasteiger partial charge in [-0.05, 0) is 72.7 Å². The van der Waals surface area contributed by atoms with Crippen LogP contribution in [0.3, 0.4) is 0 Å². The maximum atomic E-state index is 15.8. The number of nitriles is 1. The van der Waals surface area contributed by atoms with E-state index in [1.54, 1.807) is 13.8 Å². The van der Waals surface area contributed by atoms with Crippen molar-refractivity contribution in [2.24, 2.45) is 5.41 Å². The Bertz CT molecular complexity index is 1590. The summed E-state index contributed by atoms with van der Waals surface area (Å²) in [7, 11) is 0. The highest BCUT2D eigenvalue weighted by Gasteiger charge is 2.61. The molecule has 6 nitrogen and oxygen atoms in total. The summed E-state index contributed by atoms with van der Waals surface area (Å²) >= 11 is 12.2. The van der Waals surface area contributed by atoms with Crippen LogP contribution in [0.5, 0.6) is 0 Å². The zero-order chi connectivity index (χ0) is 31.1. The number of halogens is 4. The molecule has 0 aromatic heterocycles. The smallest absolute Gasteiger partial charge is 0.336 e. The lowest BCUT2D eigenvalue weighted by Gasteiger charge is -2.37. The second-order valence-electron chi connectivity index (χ2n) is 12.0. The van der Waals surface area contributed by atoms with Crippen LogP contribution in [0.2, 0.25) is 10.0 Å². The largest absolute Gasteiger partial charge is 0.478 e. The topological polar surface area (TPSA) is 102 Å². The number of amides is 1. The summed E-state index contributed by atoms with van der Waals surface area (Å²) in [6, 6.07) is 11.6. The quantitative estimate of drug-likeness (QED) is 0.266. The van der Waals surface area contributed by atoms with Gasteiger partial charge >= 0.3 is 5.97 Å². The molecule has 42 heavy (non-hydrogen) atoms. The molecule has 1 unspecified atom stereocenters. The van der Waals surface area contributed by atoms with Crippen molar-refractivity contribution in [2.75, 3.05) is 5.32 Å². The van der Waals surface area contributed by atoms with E-state index in [9.17, 15) is 20.0 Å². The summed E-state index contributed by atoms with van der Waals surface area (Å²) in [6.07, 6.45) is 0.330. The van der Waals surface area contributed by atoms with Gasteiger partial charge in [0.25, 0.3) is 0 Å². The standard InChI is InChI=1S/C32H31Cl2F2N3O3/c1-16-11-19(12-17(2)25(16)30(41)42)38-29(40)28-26(20-7-6-8-22(34)27(20)36)32(15-37,24(39-28)14-31(3,4)5)21-10-9-18(33)13-23(21)35/h6-13,24,26,28,39H,14H2,1-5H3,(H,38,40)(H,41,42)/t24-,26-,28?,32-/m0/s1. The van der Waals surface area contributed by atoms with E-state index < -0.39 is 46.9 Å². The summed E-state index contributed by atoms with van der Waals surface area (Å²) in [5, 5.41) is 26.5. The maximum absolute atomic E-state index is 15.8. The van der Waals surface area contributed by atoms with Gasteiger partial charge in [0.15, 0.2) is 0 Å². The SMILES string of the molecule is Cc1cc(NC(=O)C2N[C@@H](CC(C)(C)C)[C@](C#N)(c3ccc(Cl)cc3F)[C@H]2c2cccc(Cl)c2F)cc(C)c1C(=O)O. The third-order valence-corrected chi connectivity index (χ3v) is 8.27. The Morgan fingerprint density at radius 3 is 2.29 bits per heavy atom. The third kappa shape index (κ3) is 5.74. The molecule has 0 saturated carbocycles. The zero-order valence-corrected chi connectivity index (χ0v) is 25.3. The molecule has 1 fully saturated rings. The summed E-state index contributed by atoms with van der Waals surface area (Å²) in [4.78, 5) is 25.7. The lowest BCUT2D eigenvalue weighted by molar-refractivity contribution is -0.118. The van der Waals surface area contributed by atoms with E-state index in [2.05, 4.69) is 16.7 Å². The first-order chi connectivity index (χ1) is 19.6. The van der Waals surface area contributed by atoms with Gasteiger partial charge in [0.2, 0.25) is 5.91 Å². The van der Waals surface area contributed by atoms with Gasteiger partial charge in [0.05, 0.1) is 22.7 Å². The molecule has 1 aliphatic heterocycles. The molecule has 4 atom stereocenters. The highest BCUT2D eigenvalue weighted by Crippen LogP contribution is 2.53. The number of carbonyl (C=O) groups is 2. The molecular formula is C32H31Cl2F2N3O3. The number of hydrogen-bond donors (Lipinski definition) is 3. The van der Waals surface area contributed by atoms with Gasteiger partial charge in [-0.3, -0.25) is 4.79 Å². The summed E-state index contributed by atoms with van der Waals surface area (Å²) in [5.74, 6) is -4.48. The molecule has 3 aromatic rings. The van der Waals surface area contributed by atoms with Crippen molar-refractivity contribution < 1.29 is 23.5 Å². The normalized spacial score (nSPS) is 22.0. The van der Waals surface area contributed by atoms with E-state index in [0.717, 1.165) is 6.07 Å². The molecule has 3 N–H and O–H groups in total. The number of hydrogen-bond acceptors (Lipinski definition) is 4. The van der Waals surface area contributed by atoms with Gasteiger partial charge in [-0.25, -0.2) is 13.6 Å². The Morgan fingerprint density at radius 1 is 1.10 bits per heavy atom. The Balaban J connectivity index is 1.94. The molecule has 220 valence electrons. The van der Waals surface area contributed by atoms with Gasteiger partial charge in [0, 0.05) is 28.2 Å². The van der Waals surface area contributed by atoms with Crippen LogP contribution in [-0.2, 0) is 10.2 Å². The monoisotopic (exact) mass is 613 g/mol. The predicted molar refractivity (Wildman–Crippen MR) is 159 cm³/mol. The van der Waals surface area contributed by atoms with Crippen LogP contribution < -0.4 is 10.6 Å². The molecule has 1 amide bonds. The molecule has 3 aromatic carbocycles. The first kappa shape index (κ1) is 31.4. The molecule has 4 rings (SSSR count). The van der Waals surface area contributed by atoms with E-state index >= 15 is 8.78 Å². The maximum Gasteiger partial charge on any atom is 0.336 e. The summed E-state index contributed by atoms with van der Waals surface area (Å²) in [5.41, 5.74) is -0.848. The van der Waals surface area contributed by atoms with Crippen molar-refractivity contribution in [1.82, 2.24) is 5.32 Å². The number of benzene rings is 3. The molecule has 1 heterocycles. The minimum Gasteiger partial charge on any atom is -0.478 e. The average molecular weight is 615 g/mol. The number of aromatic carboxylic acids is 1. The van der Waals surface area contributed by atoms with Crippen molar-refractivity contribution in [3.05, 3.63) is 98.0 Å². The van der Waals surface area contributed by atoms with Crippen molar-refractivity contribution in [3.8, 4) is 6.07 Å². The van der Waals surface area contributed by atoms with Crippen LogP contribution >= 0.6 is 23.2 Å². The van der Waals surface area contributed by atoms with Crippen LogP contribution in [0, 0.1) is 42.2 Å². The van der Waals surface area contributed by atoms with Gasteiger partial charge in [0.1, 0.15) is 17.0 Å². The van der Waals surface area contributed by atoms with Gasteiger partial charge in [-0.1, -0.05) is 62.2 Å². The molecule has 0 radical (unpaired) electrons. The highest BCUT2D eigenvalue weighted by molar-refractivity contribution is 6.31. The van der Waals surface area contributed by atoms with E-state index in [1.807, 2.05) is 20.8 Å². The van der Waals surface area contributed by atoms with Crippen molar-refractivity contribution >= 4 is 40.8 Å². The molecule has 0 spiro atoms. The number of aryl methyl sites for hydroxylation is 2. The van der Waals surface area contributed by atoms with Crippen LogP contribution in [0.1, 0.15) is 65.7 Å². The first-order valence-corrected chi connectivity index (χ1v) is 14.1. The third-order valence-electron chi connectivity index (χ3n) is 7.75. The van der Waals surface area contributed by atoms with Crippen LogP contribution in [0.4, 0.5) is 14.5 Å². The fraction of sp³-hybridized carbons (Fsp3) is 0.344. The average Bonchev–Trinajstić information content (AvgIpc) is 3.18. The lowest BCUT2D eigenvalue weighted by Crippen LogP contribution is -2.45. The second-order valence-corrected chi connectivity index (χ2v) is 12.8. The summed E-state index contributed by atoms with van der Waals surface area (Å²) in [6.45, 7) is 9.09. The van der Waals surface area contributed by atoms with Crippen LogP contribution in [0.25, 0.3) is 0 Å². The van der Waals surface area contributed by atoms with Gasteiger partial charge in [-0.2, -0.15) is 5.26 Å². The Kier molecular flexibility index (Phi) is 8.71. The number of carboxylic acids is 1. The van der Waals surface area contributed by atoms with Crippen molar-refractivity contribution in [3.63, 3.8) is 0 Å². The van der Waals surface area contributed by atoms with Crippen LogP contribution in [-0.4, -0.2) is 29.1 Å². The highest BCUT2D eigenvalue weighted by atomic mass is 35.5. The van der Waals surface area contributed by atoms with E-state index in [-0.39, 0.29) is 32.2 Å². The fourth-order valence-electron chi connectivity index (χ4n) is 6.15. The lowest BCUT2D eigenvalue weighted by atomic mass is 9.62. The number of anilines is 1. The van der Waals surface area contributed by atoms with Crippen molar-refractivity contribution in [2.45, 2.75) is 64.5 Å². The Labute approximate surface area is 253 Å². The van der Waals surface area contributed by atoms with E-state index in [0.29, 0.717) is 23.2 Å². The van der Waals surface area contributed by atoms with Gasteiger partial charge in [-0.15, -0.1) is 0 Å². The Morgan fingerprint density at radius 2 is 1.74 bits per heavy atom. The summed E-state index contributed by atoms with van der Waals surface area (Å²) < 4.78 is 31.5. The predicted octanol–water partition coefficient (Wildman–Crippen LogP) is 7.55. The first-order valence-electron chi connectivity index (χ1n) is 13.3. The zero-order valence-electron chi connectivity index (χ0n) is 23.8. The number of carboxylic acid groups (broad SMARTS) is 1. The Hall–Kier alpha value is -3.51. The molecule has 1 aliphatic rings. The molecule has 1 saturated heterocycles. The minimum atomic E-state index is -1.76. The molecule has 0 bridgehead atoms. The fourth-order valence-corrected chi connectivity index (χ4v) is 6.49. The number of rotatable bonds is 6. The number of carbonyl (C=O) groups excluding carboxylic acids is 1.